The van der Waals surface area contributed by atoms with Gasteiger partial charge in [0.05, 0.1) is 0 Å². The SMILES string of the molecule is CC(Cc1ccccc1)Nc1ncns1. The van der Waals surface area contributed by atoms with Gasteiger partial charge in [0, 0.05) is 17.6 Å². The van der Waals surface area contributed by atoms with Gasteiger partial charge >= 0.3 is 0 Å². The summed E-state index contributed by atoms with van der Waals surface area (Å²) in [5.41, 5.74) is 1.34. The number of anilines is 1. The molecule has 0 saturated carbocycles. The Kier molecular flexibility index (Phi) is 3.29. The Morgan fingerprint density at radius 1 is 1.33 bits per heavy atom. The number of hydrogen-bond donors (Lipinski definition) is 1. The van der Waals surface area contributed by atoms with Crippen molar-refractivity contribution in [3.05, 3.63) is 42.2 Å². The third-order valence-corrected chi connectivity index (χ3v) is 2.71. The lowest BCUT2D eigenvalue weighted by Gasteiger charge is -2.12. The first-order valence-corrected chi connectivity index (χ1v) is 5.69. The number of hydrogen-bond acceptors (Lipinski definition) is 4. The molecule has 2 rings (SSSR count). The molecule has 0 bridgehead atoms. The molecule has 0 aliphatic rings. The Labute approximate surface area is 93.4 Å². The van der Waals surface area contributed by atoms with Crippen molar-refractivity contribution in [3.63, 3.8) is 0 Å². The summed E-state index contributed by atoms with van der Waals surface area (Å²) in [5, 5.41) is 4.20. The average molecular weight is 219 g/mol. The van der Waals surface area contributed by atoms with Crippen molar-refractivity contribution >= 4 is 16.7 Å². The van der Waals surface area contributed by atoms with Gasteiger partial charge in [0.15, 0.2) is 0 Å². The van der Waals surface area contributed by atoms with Crippen molar-refractivity contribution in [1.29, 1.82) is 0 Å². The normalized spacial score (nSPS) is 12.3. The van der Waals surface area contributed by atoms with E-state index in [1.165, 1.54) is 17.1 Å². The van der Waals surface area contributed by atoms with Gasteiger partial charge in [-0.05, 0) is 18.9 Å². The summed E-state index contributed by atoms with van der Waals surface area (Å²) < 4.78 is 3.95. The largest absolute Gasteiger partial charge is 0.358 e. The molecule has 0 aliphatic carbocycles. The molecule has 0 spiro atoms. The van der Waals surface area contributed by atoms with E-state index in [0.717, 1.165) is 11.6 Å². The van der Waals surface area contributed by atoms with Gasteiger partial charge in [0.2, 0.25) is 5.13 Å². The molecule has 1 aromatic carbocycles. The Morgan fingerprint density at radius 3 is 2.80 bits per heavy atom. The second-order valence-electron chi connectivity index (χ2n) is 3.48. The number of rotatable bonds is 4. The van der Waals surface area contributed by atoms with Crippen LogP contribution in [0.5, 0.6) is 0 Å². The highest BCUT2D eigenvalue weighted by molar-refractivity contribution is 7.09. The molecule has 0 amide bonds. The molecule has 78 valence electrons. The van der Waals surface area contributed by atoms with Gasteiger partial charge in [-0.25, -0.2) is 4.98 Å². The van der Waals surface area contributed by atoms with Crippen LogP contribution >= 0.6 is 11.5 Å². The Morgan fingerprint density at radius 2 is 2.13 bits per heavy atom. The molecule has 2 aromatic rings. The van der Waals surface area contributed by atoms with Crippen LogP contribution in [0.2, 0.25) is 0 Å². The fraction of sp³-hybridized carbons (Fsp3) is 0.273. The zero-order valence-corrected chi connectivity index (χ0v) is 9.37. The molecule has 3 nitrogen and oxygen atoms in total. The summed E-state index contributed by atoms with van der Waals surface area (Å²) in [6, 6.07) is 10.8. The zero-order valence-electron chi connectivity index (χ0n) is 8.55. The average Bonchev–Trinajstić information content (AvgIpc) is 2.71. The lowest BCUT2D eigenvalue weighted by Crippen LogP contribution is -2.17. The maximum atomic E-state index is 4.09. The molecule has 4 heteroatoms. The van der Waals surface area contributed by atoms with Crippen molar-refractivity contribution in [1.82, 2.24) is 9.36 Å². The van der Waals surface area contributed by atoms with Crippen LogP contribution in [0.3, 0.4) is 0 Å². The molecule has 0 saturated heterocycles. The van der Waals surface area contributed by atoms with E-state index < -0.39 is 0 Å². The number of nitrogens with one attached hydrogen (secondary N) is 1. The van der Waals surface area contributed by atoms with Gasteiger partial charge in [-0.15, -0.1) is 0 Å². The molecular weight excluding hydrogens is 206 g/mol. The van der Waals surface area contributed by atoms with Gasteiger partial charge < -0.3 is 5.32 Å². The van der Waals surface area contributed by atoms with Crippen LogP contribution in [0.1, 0.15) is 12.5 Å². The quantitative estimate of drug-likeness (QED) is 0.858. The molecule has 0 fully saturated rings. The predicted octanol–water partition coefficient (Wildman–Crippen LogP) is 2.58. The minimum absolute atomic E-state index is 0.375. The van der Waals surface area contributed by atoms with Crippen molar-refractivity contribution in [2.75, 3.05) is 5.32 Å². The third kappa shape index (κ3) is 3.02. The highest BCUT2D eigenvalue weighted by atomic mass is 32.1. The van der Waals surface area contributed by atoms with Crippen LogP contribution in [0.4, 0.5) is 5.13 Å². The lowest BCUT2D eigenvalue weighted by atomic mass is 10.1. The van der Waals surface area contributed by atoms with Crippen molar-refractivity contribution in [2.45, 2.75) is 19.4 Å². The molecule has 0 aliphatic heterocycles. The van der Waals surface area contributed by atoms with E-state index in [1.807, 2.05) is 6.07 Å². The molecule has 1 heterocycles. The van der Waals surface area contributed by atoms with Crippen LogP contribution in [0, 0.1) is 0 Å². The maximum Gasteiger partial charge on any atom is 0.202 e. The van der Waals surface area contributed by atoms with E-state index in [1.54, 1.807) is 6.33 Å². The predicted molar refractivity (Wildman–Crippen MR) is 63.1 cm³/mol. The van der Waals surface area contributed by atoms with E-state index in [0.29, 0.717) is 6.04 Å². The van der Waals surface area contributed by atoms with Gasteiger partial charge in [0.25, 0.3) is 0 Å². The molecule has 15 heavy (non-hydrogen) atoms. The molecule has 1 aromatic heterocycles. The highest BCUT2D eigenvalue weighted by Gasteiger charge is 2.04. The Hall–Kier alpha value is -1.42. The molecule has 1 unspecified atom stereocenters. The first-order valence-electron chi connectivity index (χ1n) is 4.92. The Bertz CT molecular complexity index is 385. The lowest BCUT2D eigenvalue weighted by molar-refractivity contribution is 0.789. The molecule has 1 atom stereocenters. The van der Waals surface area contributed by atoms with Crippen LogP contribution < -0.4 is 5.32 Å². The minimum Gasteiger partial charge on any atom is -0.358 e. The summed E-state index contributed by atoms with van der Waals surface area (Å²) in [4.78, 5) is 4.09. The van der Waals surface area contributed by atoms with Gasteiger partial charge in [0.1, 0.15) is 6.33 Å². The summed E-state index contributed by atoms with van der Waals surface area (Å²) >= 11 is 1.39. The number of nitrogens with zero attached hydrogens (tertiary/aromatic N) is 2. The Balaban J connectivity index is 1.90. The second kappa shape index (κ2) is 4.89. The smallest absolute Gasteiger partial charge is 0.202 e. The summed E-state index contributed by atoms with van der Waals surface area (Å²) in [7, 11) is 0. The monoisotopic (exact) mass is 219 g/mol. The van der Waals surface area contributed by atoms with E-state index in [2.05, 4.69) is 45.9 Å². The summed E-state index contributed by atoms with van der Waals surface area (Å²) in [6.07, 6.45) is 2.57. The van der Waals surface area contributed by atoms with Crippen LogP contribution in [-0.2, 0) is 6.42 Å². The van der Waals surface area contributed by atoms with Crippen LogP contribution in [-0.4, -0.2) is 15.4 Å². The van der Waals surface area contributed by atoms with E-state index in [9.17, 15) is 0 Å². The first-order chi connectivity index (χ1) is 7.34. The maximum absolute atomic E-state index is 4.09. The summed E-state index contributed by atoms with van der Waals surface area (Å²) in [5.74, 6) is 0. The van der Waals surface area contributed by atoms with Gasteiger partial charge in [-0.1, -0.05) is 30.3 Å². The fourth-order valence-electron chi connectivity index (χ4n) is 1.47. The molecule has 0 radical (unpaired) electrons. The topological polar surface area (TPSA) is 37.8 Å². The highest BCUT2D eigenvalue weighted by Crippen LogP contribution is 2.11. The molecule has 1 N–H and O–H groups in total. The standard InChI is InChI=1S/C11H13N3S/c1-9(14-11-12-8-13-15-11)7-10-5-3-2-4-6-10/h2-6,8-9H,7H2,1H3,(H,12,13,14). The van der Waals surface area contributed by atoms with E-state index >= 15 is 0 Å². The van der Waals surface area contributed by atoms with E-state index in [-0.39, 0.29) is 0 Å². The van der Waals surface area contributed by atoms with Gasteiger partial charge in [-0.2, -0.15) is 4.37 Å². The van der Waals surface area contributed by atoms with E-state index in [4.69, 9.17) is 0 Å². The number of benzene rings is 1. The van der Waals surface area contributed by atoms with Crippen molar-refractivity contribution < 1.29 is 0 Å². The number of aromatic nitrogens is 2. The first kappa shape index (κ1) is 10.1. The zero-order chi connectivity index (χ0) is 10.5. The summed E-state index contributed by atoms with van der Waals surface area (Å²) in [6.45, 7) is 2.15. The fourth-order valence-corrected chi connectivity index (χ4v) is 2.01. The van der Waals surface area contributed by atoms with Crippen LogP contribution in [0.15, 0.2) is 36.7 Å². The van der Waals surface area contributed by atoms with Crippen molar-refractivity contribution in [3.8, 4) is 0 Å². The minimum atomic E-state index is 0.375. The van der Waals surface area contributed by atoms with Gasteiger partial charge in [-0.3, -0.25) is 0 Å². The van der Waals surface area contributed by atoms with Crippen molar-refractivity contribution in [2.24, 2.45) is 0 Å². The molecular formula is C11H13N3S. The second-order valence-corrected chi connectivity index (χ2v) is 4.26. The third-order valence-electron chi connectivity index (χ3n) is 2.12. The van der Waals surface area contributed by atoms with Crippen LogP contribution in [0.25, 0.3) is 0 Å².